The molecular weight excluding hydrogens is 312 g/mol. The summed E-state index contributed by atoms with van der Waals surface area (Å²) in [6.07, 6.45) is 3.08. The Kier molecular flexibility index (Phi) is 3.97. The summed E-state index contributed by atoms with van der Waals surface area (Å²) in [5.41, 5.74) is 5.94. The second kappa shape index (κ2) is 5.65. The Morgan fingerprint density at radius 2 is 2.05 bits per heavy atom. The second-order valence-electron chi connectivity index (χ2n) is 6.14. The number of aromatic nitrogens is 1. The van der Waals surface area contributed by atoms with Crippen LogP contribution in [0.4, 0.5) is 14.6 Å². The van der Waals surface area contributed by atoms with E-state index in [0.717, 1.165) is 6.42 Å². The molecule has 0 radical (unpaired) electrons. The Morgan fingerprint density at radius 1 is 1.36 bits per heavy atom. The first kappa shape index (κ1) is 15.5. The normalized spacial score (nSPS) is 24.9. The van der Waals surface area contributed by atoms with E-state index in [0.29, 0.717) is 24.9 Å². The lowest BCUT2D eigenvalue weighted by atomic mass is 9.77. The summed E-state index contributed by atoms with van der Waals surface area (Å²) in [5.74, 6) is -2.34. The minimum absolute atomic E-state index is 0.0555. The molecule has 22 heavy (non-hydrogen) atoms. The first-order valence-corrected chi connectivity index (χ1v) is 7.85. The number of pyridine rings is 1. The van der Waals surface area contributed by atoms with Crippen molar-refractivity contribution in [1.29, 1.82) is 0 Å². The van der Waals surface area contributed by atoms with Crippen LogP contribution in [0.15, 0.2) is 12.3 Å². The summed E-state index contributed by atoms with van der Waals surface area (Å²) in [7, 11) is 0. The first-order valence-electron chi connectivity index (χ1n) is 7.47. The highest BCUT2D eigenvalue weighted by Crippen LogP contribution is 2.41. The van der Waals surface area contributed by atoms with Crippen LogP contribution < -0.4 is 5.73 Å². The van der Waals surface area contributed by atoms with Crippen molar-refractivity contribution >= 4 is 23.3 Å². The van der Waals surface area contributed by atoms with Gasteiger partial charge in [-0.05, 0) is 31.2 Å². The van der Waals surface area contributed by atoms with Crippen LogP contribution in [0.25, 0.3) is 0 Å². The number of carbonyl (C=O) groups excluding carboxylic acids is 1. The van der Waals surface area contributed by atoms with Crippen LogP contribution >= 0.6 is 11.6 Å². The molecule has 2 N–H and O–H groups in total. The van der Waals surface area contributed by atoms with Crippen LogP contribution in [0, 0.1) is 5.92 Å². The zero-order valence-electron chi connectivity index (χ0n) is 12.1. The maximum absolute atomic E-state index is 13.3. The highest BCUT2D eigenvalue weighted by Gasteiger charge is 2.43. The van der Waals surface area contributed by atoms with Gasteiger partial charge in [0.1, 0.15) is 5.82 Å². The van der Waals surface area contributed by atoms with E-state index in [1.54, 1.807) is 4.90 Å². The van der Waals surface area contributed by atoms with Crippen molar-refractivity contribution in [3.05, 3.63) is 22.8 Å². The molecule has 0 spiro atoms. The molecule has 1 aromatic heterocycles. The lowest BCUT2D eigenvalue weighted by Gasteiger charge is -2.47. The van der Waals surface area contributed by atoms with Crippen LogP contribution in [-0.4, -0.2) is 34.3 Å². The lowest BCUT2D eigenvalue weighted by molar-refractivity contribution is -0.0634. The number of amides is 1. The number of nitrogen functional groups attached to an aromatic ring is 1. The Morgan fingerprint density at radius 3 is 2.59 bits per heavy atom. The number of likely N-dealkylation sites (tertiary alicyclic amines) is 1. The van der Waals surface area contributed by atoms with Gasteiger partial charge >= 0.3 is 0 Å². The summed E-state index contributed by atoms with van der Waals surface area (Å²) >= 11 is 5.90. The average molecular weight is 330 g/mol. The van der Waals surface area contributed by atoms with Crippen LogP contribution in [0.2, 0.25) is 5.02 Å². The van der Waals surface area contributed by atoms with Crippen LogP contribution in [0.3, 0.4) is 0 Å². The molecule has 1 aliphatic heterocycles. The molecule has 4 nitrogen and oxygen atoms in total. The van der Waals surface area contributed by atoms with E-state index in [4.69, 9.17) is 17.3 Å². The van der Waals surface area contributed by atoms with E-state index in [2.05, 4.69) is 4.98 Å². The minimum atomic E-state index is -2.54. The number of hydrogen-bond donors (Lipinski definition) is 1. The fraction of sp³-hybridized carbons (Fsp3) is 0.600. The van der Waals surface area contributed by atoms with Crippen LogP contribution in [0.5, 0.6) is 0 Å². The van der Waals surface area contributed by atoms with Crippen molar-refractivity contribution in [2.24, 2.45) is 5.92 Å². The van der Waals surface area contributed by atoms with Gasteiger partial charge < -0.3 is 10.6 Å². The molecule has 3 rings (SSSR count). The zero-order chi connectivity index (χ0) is 15.9. The number of nitrogens with two attached hydrogens (primary N) is 1. The van der Waals surface area contributed by atoms with Crippen molar-refractivity contribution in [3.8, 4) is 0 Å². The van der Waals surface area contributed by atoms with Crippen molar-refractivity contribution in [3.63, 3.8) is 0 Å². The fourth-order valence-electron chi connectivity index (χ4n) is 3.33. The molecule has 1 aliphatic carbocycles. The highest BCUT2D eigenvalue weighted by atomic mass is 35.5. The van der Waals surface area contributed by atoms with Gasteiger partial charge in [0.15, 0.2) is 0 Å². The van der Waals surface area contributed by atoms with Gasteiger partial charge in [-0.1, -0.05) is 11.6 Å². The minimum Gasteiger partial charge on any atom is -0.382 e. The second-order valence-corrected chi connectivity index (χ2v) is 6.55. The molecule has 1 atom stereocenters. The Balaban J connectivity index is 1.67. The predicted octanol–water partition coefficient (Wildman–Crippen LogP) is 3.36. The number of alkyl halides is 2. The van der Waals surface area contributed by atoms with Gasteiger partial charge in [-0.2, -0.15) is 0 Å². The number of halogens is 3. The van der Waals surface area contributed by atoms with E-state index < -0.39 is 5.92 Å². The van der Waals surface area contributed by atoms with Gasteiger partial charge in [0.25, 0.3) is 5.91 Å². The zero-order valence-corrected chi connectivity index (χ0v) is 12.8. The molecule has 2 aliphatic rings. The number of anilines is 1. The molecule has 7 heteroatoms. The smallest absolute Gasteiger partial charge is 0.255 e. The first-order chi connectivity index (χ1) is 10.4. The van der Waals surface area contributed by atoms with E-state index in [1.807, 2.05) is 0 Å². The molecule has 0 bridgehead atoms. The van der Waals surface area contributed by atoms with Crippen LogP contribution in [-0.2, 0) is 0 Å². The molecule has 2 heterocycles. The predicted molar refractivity (Wildman–Crippen MR) is 80.0 cm³/mol. The van der Waals surface area contributed by atoms with Gasteiger partial charge in [0.05, 0.1) is 10.6 Å². The summed E-state index contributed by atoms with van der Waals surface area (Å²) in [6, 6.07) is 1.57. The van der Waals surface area contributed by atoms with Crippen molar-refractivity contribution in [2.75, 3.05) is 12.3 Å². The van der Waals surface area contributed by atoms with Crippen molar-refractivity contribution in [2.45, 2.75) is 44.1 Å². The van der Waals surface area contributed by atoms with Gasteiger partial charge in [-0.3, -0.25) is 4.79 Å². The maximum atomic E-state index is 13.3. The maximum Gasteiger partial charge on any atom is 0.255 e. The molecule has 1 aromatic rings. The van der Waals surface area contributed by atoms with E-state index >= 15 is 0 Å². The monoisotopic (exact) mass is 329 g/mol. The van der Waals surface area contributed by atoms with Gasteiger partial charge in [-0.15, -0.1) is 0 Å². The molecule has 1 amide bonds. The number of carbonyl (C=O) groups is 1. The Hall–Kier alpha value is -1.43. The molecule has 1 saturated carbocycles. The molecule has 2 fully saturated rings. The van der Waals surface area contributed by atoms with Gasteiger partial charge in [0.2, 0.25) is 5.92 Å². The molecule has 1 saturated heterocycles. The molecule has 1 unspecified atom stereocenters. The standard InChI is InChI=1S/C15H18ClF2N3O/c16-11-7-10(8-20-13(11)19)14(22)21-6-3-12(21)9-1-4-15(17,18)5-2-9/h7-9,12H,1-6H2,(H2,19,20). The van der Waals surface area contributed by atoms with Crippen molar-refractivity contribution in [1.82, 2.24) is 9.88 Å². The lowest BCUT2D eigenvalue weighted by Crippen LogP contribution is -2.55. The number of hydrogen-bond acceptors (Lipinski definition) is 3. The summed E-state index contributed by atoms with van der Waals surface area (Å²) in [6.45, 7) is 0.651. The SMILES string of the molecule is Nc1ncc(C(=O)N2CCC2C2CCC(F)(F)CC2)cc1Cl. The molecule has 120 valence electrons. The Bertz CT molecular complexity index is 586. The summed E-state index contributed by atoms with van der Waals surface area (Å²) in [5, 5.41) is 0.250. The highest BCUT2D eigenvalue weighted by molar-refractivity contribution is 6.33. The third-order valence-electron chi connectivity index (χ3n) is 4.75. The van der Waals surface area contributed by atoms with E-state index in [9.17, 15) is 13.6 Å². The largest absolute Gasteiger partial charge is 0.382 e. The summed E-state index contributed by atoms with van der Waals surface area (Å²) in [4.78, 5) is 18.2. The van der Waals surface area contributed by atoms with Gasteiger partial charge in [0, 0.05) is 31.6 Å². The quantitative estimate of drug-likeness (QED) is 0.905. The third kappa shape index (κ3) is 2.89. The van der Waals surface area contributed by atoms with Gasteiger partial charge in [-0.25, -0.2) is 13.8 Å². The number of nitrogens with zero attached hydrogens (tertiary/aromatic N) is 2. The molecular formula is C15H18ClF2N3O. The number of rotatable bonds is 2. The van der Waals surface area contributed by atoms with Crippen LogP contribution in [0.1, 0.15) is 42.5 Å². The fourth-order valence-corrected chi connectivity index (χ4v) is 3.49. The van der Waals surface area contributed by atoms with Crippen molar-refractivity contribution < 1.29 is 13.6 Å². The average Bonchev–Trinajstić information content (AvgIpc) is 2.43. The third-order valence-corrected chi connectivity index (χ3v) is 5.05. The Labute approximate surface area is 132 Å². The van der Waals surface area contributed by atoms with E-state index in [1.165, 1.54) is 12.3 Å². The topological polar surface area (TPSA) is 59.2 Å². The summed E-state index contributed by atoms with van der Waals surface area (Å²) < 4.78 is 26.5. The molecule has 0 aromatic carbocycles. The van der Waals surface area contributed by atoms with E-state index in [-0.39, 0.29) is 41.5 Å².